The number of fused-ring (bicyclic) bond motifs is 6. The van der Waals surface area contributed by atoms with E-state index in [1.54, 1.807) is 0 Å². The minimum absolute atomic E-state index is 0.433. The van der Waals surface area contributed by atoms with Gasteiger partial charge in [-0.2, -0.15) is 0 Å². The third-order valence-corrected chi connectivity index (χ3v) is 13.7. The number of benzene rings is 11. The van der Waals surface area contributed by atoms with Crippen molar-refractivity contribution in [2.24, 2.45) is 0 Å². The standard InChI is InChI=1S/C64H44/c1-43-25-39-50(40-26-43)64(60-23-10-8-16-54(60)55-17-9-11-24-61(55)64)51-41-37-49(38-42-51)63-58-20-6-4-18-56(58)62(57-19-5-7-21-59(57)63)48-35-31-45(32-36-48)28-27-44-29-33-47(34-30-44)53-22-12-14-46-13-2-3-15-52(46)53/h2-42H,1H3. The van der Waals surface area contributed by atoms with Crippen LogP contribution in [0.5, 0.6) is 0 Å². The summed E-state index contributed by atoms with van der Waals surface area (Å²) >= 11 is 0. The second-order valence-electron chi connectivity index (χ2n) is 17.2. The largest absolute Gasteiger partial charge is 0.0713 e. The highest BCUT2D eigenvalue weighted by Gasteiger charge is 2.45. The maximum absolute atomic E-state index is 2.39. The van der Waals surface area contributed by atoms with Crippen molar-refractivity contribution in [1.29, 1.82) is 0 Å². The van der Waals surface area contributed by atoms with Crippen LogP contribution >= 0.6 is 0 Å². The lowest BCUT2D eigenvalue weighted by Crippen LogP contribution is -2.28. The molecule has 12 rings (SSSR count). The highest BCUT2D eigenvalue weighted by Crippen LogP contribution is 2.56. The molecular formula is C64H44. The number of hydrogen-bond acceptors (Lipinski definition) is 0. The van der Waals surface area contributed by atoms with E-state index in [1.807, 2.05) is 0 Å². The average Bonchev–Trinajstić information content (AvgIpc) is 3.66. The van der Waals surface area contributed by atoms with Gasteiger partial charge in [0.2, 0.25) is 0 Å². The first-order valence-electron chi connectivity index (χ1n) is 22.3. The Labute approximate surface area is 375 Å². The van der Waals surface area contributed by atoms with E-state index >= 15 is 0 Å². The van der Waals surface area contributed by atoms with Crippen molar-refractivity contribution >= 4 is 44.5 Å². The summed E-state index contributed by atoms with van der Waals surface area (Å²) in [5, 5.41) is 7.56. The van der Waals surface area contributed by atoms with E-state index in [0.29, 0.717) is 0 Å². The minimum Gasteiger partial charge on any atom is -0.0619 e. The molecule has 0 N–H and O–H groups in total. The molecule has 300 valence electrons. The highest BCUT2D eigenvalue weighted by atomic mass is 14.5. The third kappa shape index (κ3) is 6.06. The maximum atomic E-state index is 2.39. The molecule has 0 unspecified atom stereocenters. The SMILES string of the molecule is Cc1ccc(C2(c3ccc(-c4c5ccccc5c(-c5ccc(C=Cc6ccc(-c7cccc8ccccc78)cc6)cc5)c5ccccc45)cc3)c3ccccc3-c3ccccc32)cc1. The Morgan fingerprint density at radius 2 is 0.672 bits per heavy atom. The van der Waals surface area contributed by atoms with Crippen LogP contribution in [0, 0.1) is 6.92 Å². The van der Waals surface area contributed by atoms with Crippen LogP contribution in [0.25, 0.3) is 89.0 Å². The van der Waals surface area contributed by atoms with Gasteiger partial charge >= 0.3 is 0 Å². The molecule has 0 heterocycles. The van der Waals surface area contributed by atoms with E-state index in [2.05, 4.69) is 256 Å². The monoisotopic (exact) mass is 812 g/mol. The van der Waals surface area contributed by atoms with E-state index in [9.17, 15) is 0 Å². The van der Waals surface area contributed by atoms with Crippen LogP contribution in [0.1, 0.15) is 38.9 Å². The molecule has 0 aliphatic heterocycles. The summed E-state index contributed by atoms with van der Waals surface area (Å²) in [6.07, 6.45) is 4.42. The van der Waals surface area contributed by atoms with Gasteiger partial charge in [0.05, 0.1) is 5.41 Å². The fourth-order valence-electron chi connectivity index (χ4n) is 10.7. The molecule has 11 aromatic carbocycles. The normalized spacial score (nSPS) is 12.8. The molecule has 0 aromatic heterocycles. The van der Waals surface area contributed by atoms with Gasteiger partial charge < -0.3 is 0 Å². The second-order valence-corrected chi connectivity index (χ2v) is 17.2. The van der Waals surface area contributed by atoms with Gasteiger partial charge in [-0.05, 0) is 117 Å². The Bertz CT molecular complexity index is 3460. The summed E-state index contributed by atoms with van der Waals surface area (Å²) in [6.45, 7) is 2.17. The Hall–Kier alpha value is -8.06. The van der Waals surface area contributed by atoms with Crippen LogP contribution in [0.4, 0.5) is 0 Å². The second kappa shape index (κ2) is 15.4. The van der Waals surface area contributed by atoms with E-state index in [0.717, 1.165) is 0 Å². The molecule has 11 aromatic rings. The molecular weight excluding hydrogens is 769 g/mol. The summed E-state index contributed by atoms with van der Waals surface area (Å²) in [5.41, 5.74) is 18.5. The molecule has 0 atom stereocenters. The van der Waals surface area contributed by atoms with Crippen molar-refractivity contribution in [2.75, 3.05) is 0 Å². The van der Waals surface area contributed by atoms with Crippen LogP contribution in [-0.4, -0.2) is 0 Å². The first-order valence-corrected chi connectivity index (χ1v) is 22.3. The molecule has 64 heavy (non-hydrogen) atoms. The van der Waals surface area contributed by atoms with Gasteiger partial charge in [0.1, 0.15) is 0 Å². The molecule has 0 bridgehead atoms. The first kappa shape index (κ1) is 37.7. The molecule has 0 amide bonds. The van der Waals surface area contributed by atoms with Crippen LogP contribution < -0.4 is 0 Å². The predicted molar refractivity (Wildman–Crippen MR) is 273 cm³/mol. The fourth-order valence-corrected chi connectivity index (χ4v) is 10.7. The molecule has 0 saturated heterocycles. The Kier molecular flexibility index (Phi) is 9.06. The van der Waals surface area contributed by atoms with Crippen LogP contribution in [0.2, 0.25) is 0 Å². The molecule has 1 aliphatic rings. The lowest BCUT2D eigenvalue weighted by atomic mass is 9.67. The van der Waals surface area contributed by atoms with E-state index in [-0.39, 0.29) is 0 Å². The first-order chi connectivity index (χ1) is 31.6. The van der Waals surface area contributed by atoms with Crippen molar-refractivity contribution in [3.63, 3.8) is 0 Å². The zero-order valence-electron chi connectivity index (χ0n) is 35.7. The minimum atomic E-state index is -0.433. The van der Waals surface area contributed by atoms with Gasteiger partial charge in [0.15, 0.2) is 0 Å². The van der Waals surface area contributed by atoms with Gasteiger partial charge in [-0.25, -0.2) is 0 Å². The van der Waals surface area contributed by atoms with E-state index < -0.39 is 5.41 Å². The number of hydrogen-bond donors (Lipinski definition) is 0. The molecule has 0 saturated carbocycles. The van der Waals surface area contributed by atoms with Crippen molar-refractivity contribution in [2.45, 2.75) is 12.3 Å². The van der Waals surface area contributed by atoms with E-state index in [1.165, 1.54) is 116 Å². The topological polar surface area (TPSA) is 0 Å². The van der Waals surface area contributed by atoms with Crippen molar-refractivity contribution in [1.82, 2.24) is 0 Å². The van der Waals surface area contributed by atoms with Gasteiger partial charge in [-0.1, -0.05) is 254 Å². The van der Waals surface area contributed by atoms with Gasteiger partial charge in [-0.3, -0.25) is 0 Å². The fraction of sp³-hybridized carbons (Fsp3) is 0.0312. The third-order valence-electron chi connectivity index (χ3n) is 13.7. The van der Waals surface area contributed by atoms with Gasteiger partial charge in [-0.15, -0.1) is 0 Å². The van der Waals surface area contributed by atoms with Crippen LogP contribution in [0.3, 0.4) is 0 Å². The highest BCUT2D eigenvalue weighted by molar-refractivity contribution is 6.21. The van der Waals surface area contributed by atoms with Crippen LogP contribution in [-0.2, 0) is 5.41 Å². The van der Waals surface area contributed by atoms with Crippen molar-refractivity contribution in [3.8, 4) is 44.5 Å². The van der Waals surface area contributed by atoms with Gasteiger partial charge in [0.25, 0.3) is 0 Å². The maximum Gasteiger partial charge on any atom is 0.0713 e. The summed E-state index contributed by atoms with van der Waals surface area (Å²) in [7, 11) is 0. The lowest BCUT2D eigenvalue weighted by Gasteiger charge is -2.34. The Balaban J connectivity index is 0.913. The molecule has 0 heteroatoms. The van der Waals surface area contributed by atoms with Crippen LogP contribution in [0.15, 0.2) is 237 Å². The van der Waals surface area contributed by atoms with Gasteiger partial charge in [0, 0.05) is 0 Å². The molecule has 0 fully saturated rings. The Morgan fingerprint density at radius 3 is 1.19 bits per heavy atom. The average molecular weight is 813 g/mol. The molecule has 0 spiro atoms. The molecule has 0 radical (unpaired) electrons. The summed E-state index contributed by atoms with van der Waals surface area (Å²) < 4.78 is 0. The zero-order chi connectivity index (χ0) is 42.6. The summed E-state index contributed by atoms with van der Waals surface area (Å²) in [5.74, 6) is 0. The number of rotatable bonds is 7. The molecule has 1 aliphatic carbocycles. The number of aryl methyl sites for hydroxylation is 1. The smallest absolute Gasteiger partial charge is 0.0619 e. The molecule has 0 nitrogen and oxygen atoms in total. The summed E-state index contributed by atoms with van der Waals surface area (Å²) in [4.78, 5) is 0. The predicted octanol–water partition coefficient (Wildman–Crippen LogP) is 17.0. The Morgan fingerprint density at radius 1 is 0.297 bits per heavy atom. The van der Waals surface area contributed by atoms with E-state index in [4.69, 9.17) is 0 Å². The van der Waals surface area contributed by atoms with Crippen molar-refractivity contribution < 1.29 is 0 Å². The lowest BCUT2D eigenvalue weighted by molar-refractivity contribution is 0.768. The summed E-state index contributed by atoms with van der Waals surface area (Å²) in [6, 6.07) is 87.6. The quantitative estimate of drug-likeness (QED) is 0.111. The zero-order valence-corrected chi connectivity index (χ0v) is 35.7. The van der Waals surface area contributed by atoms with Crippen molar-refractivity contribution in [3.05, 3.63) is 276 Å².